The Kier molecular flexibility index (Phi) is 4.32. The number of anilines is 1. The fourth-order valence-corrected chi connectivity index (χ4v) is 4.99. The van der Waals surface area contributed by atoms with Crippen LogP contribution in [-0.2, 0) is 17.6 Å². The maximum atomic E-state index is 12.9. The minimum Gasteiger partial charge on any atom is -0.374 e. The van der Waals surface area contributed by atoms with E-state index in [2.05, 4.69) is 16.4 Å². The van der Waals surface area contributed by atoms with Crippen LogP contribution < -0.4 is 5.32 Å². The van der Waals surface area contributed by atoms with Crippen LogP contribution in [0.4, 0.5) is 10.5 Å². The van der Waals surface area contributed by atoms with Crippen molar-refractivity contribution < 1.29 is 9.53 Å². The zero-order chi connectivity index (χ0) is 18.2. The largest absolute Gasteiger partial charge is 0.374 e. The summed E-state index contributed by atoms with van der Waals surface area (Å²) in [4.78, 5) is 19.2. The van der Waals surface area contributed by atoms with Crippen molar-refractivity contribution in [2.75, 3.05) is 18.4 Å². The quantitative estimate of drug-likeness (QED) is 0.904. The highest BCUT2D eigenvalue weighted by atomic mass is 16.5. The first kappa shape index (κ1) is 16.8. The van der Waals surface area contributed by atoms with Crippen molar-refractivity contribution in [3.63, 3.8) is 0 Å². The van der Waals surface area contributed by atoms with Crippen molar-refractivity contribution in [1.29, 1.82) is 0 Å². The number of ether oxygens (including phenoxy) is 1. The number of para-hydroxylation sites is 1. The zero-order valence-corrected chi connectivity index (χ0v) is 15.4. The molecule has 3 aliphatic rings. The highest BCUT2D eigenvalue weighted by molar-refractivity contribution is 5.90. The number of pyridine rings is 1. The van der Waals surface area contributed by atoms with E-state index in [4.69, 9.17) is 4.74 Å². The van der Waals surface area contributed by atoms with E-state index in [9.17, 15) is 4.79 Å². The highest BCUT2D eigenvalue weighted by Crippen LogP contribution is 2.47. The fourth-order valence-electron chi connectivity index (χ4n) is 4.99. The Balaban J connectivity index is 1.24. The number of carbonyl (C=O) groups is 1. The molecule has 0 spiro atoms. The number of nitrogens with one attached hydrogen (secondary N) is 1. The molecule has 3 fully saturated rings. The van der Waals surface area contributed by atoms with Crippen LogP contribution in [0.25, 0.3) is 0 Å². The Bertz CT molecular complexity index is 807. The summed E-state index contributed by atoms with van der Waals surface area (Å²) >= 11 is 0. The molecular formula is C22H25N3O2. The third-order valence-corrected chi connectivity index (χ3v) is 6.38. The first-order valence-corrected chi connectivity index (χ1v) is 9.97. The van der Waals surface area contributed by atoms with Gasteiger partial charge in [0.05, 0.1) is 12.2 Å². The summed E-state index contributed by atoms with van der Waals surface area (Å²) in [5.41, 5.74) is 3.13. The number of carbonyl (C=O) groups excluding carboxylic acids is 1. The number of aryl methyl sites for hydroxylation is 2. The summed E-state index contributed by atoms with van der Waals surface area (Å²) in [7, 11) is 0. The molecule has 4 atom stereocenters. The van der Waals surface area contributed by atoms with Gasteiger partial charge in [0.25, 0.3) is 0 Å². The molecule has 4 unspecified atom stereocenters. The van der Waals surface area contributed by atoms with E-state index < -0.39 is 0 Å². The summed E-state index contributed by atoms with van der Waals surface area (Å²) < 4.78 is 6.01. The summed E-state index contributed by atoms with van der Waals surface area (Å²) in [5, 5.41) is 3.15. The van der Waals surface area contributed by atoms with Crippen LogP contribution in [0.1, 0.15) is 24.1 Å². The second-order valence-corrected chi connectivity index (χ2v) is 7.93. The van der Waals surface area contributed by atoms with Gasteiger partial charge in [-0.05, 0) is 49.4 Å². The van der Waals surface area contributed by atoms with Gasteiger partial charge in [0.1, 0.15) is 0 Å². The predicted octanol–water partition coefficient (Wildman–Crippen LogP) is 3.51. The number of aromatic nitrogens is 1. The monoisotopic (exact) mass is 363 g/mol. The Morgan fingerprint density at radius 1 is 1.04 bits per heavy atom. The van der Waals surface area contributed by atoms with Crippen molar-refractivity contribution in [2.45, 2.75) is 37.9 Å². The standard InChI is InChI=1S/C22H25N3O2/c26-22(25-13-17-18(14-25)21-11-10-20(17)27-21)24-19-7-2-1-5-15(19)8-9-16-6-3-4-12-23-16/h1-7,12,17-18,20-21H,8-11,13-14H2,(H,24,26). The van der Waals surface area contributed by atoms with Gasteiger partial charge in [-0.25, -0.2) is 4.79 Å². The zero-order valence-electron chi connectivity index (χ0n) is 15.4. The number of benzene rings is 1. The van der Waals surface area contributed by atoms with Crippen molar-refractivity contribution >= 4 is 11.7 Å². The minimum atomic E-state index is 0.0223. The number of hydrogen-bond acceptors (Lipinski definition) is 3. The molecule has 0 radical (unpaired) electrons. The van der Waals surface area contributed by atoms with E-state index in [1.54, 1.807) is 0 Å². The average molecular weight is 363 g/mol. The fraction of sp³-hybridized carbons (Fsp3) is 0.455. The molecule has 2 aromatic rings. The SMILES string of the molecule is O=C(Nc1ccccc1CCc1ccccn1)N1CC2C3CCC(O3)C2C1. The number of urea groups is 1. The molecule has 140 valence electrons. The van der Waals surface area contributed by atoms with E-state index in [0.717, 1.165) is 55.7 Å². The van der Waals surface area contributed by atoms with Crippen LogP contribution in [0.2, 0.25) is 0 Å². The van der Waals surface area contributed by atoms with Gasteiger partial charge in [-0.2, -0.15) is 0 Å². The minimum absolute atomic E-state index is 0.0223. The van der Waals surface area contributed by atoms with Gasteiger partial charge in [-0.1, -0.05) is 24.3 Å². The topological polar surface area (TPSA) is 54.5 Å². The molecular weight excluding hydrogens is 338 g/mol. The Labute approximate surface area is 159 Å². The van der Waals surface area contributed by atoms with Gasteiger partial charge >= 0.3 is 6.03 Å². The normalized spacial score (nSPS) is 28.4. The number of rotatable bonds is 4. The smallest absolute Gasteiger partial charge is 0.321 e. The van der Waals surface area contributed by atoms with Gasteiger partial charge in [-0.3, -0.25) is 4.98 Å². The van der Waals surface area contributed by atoms with Crippen LogP contribution in [0, 0.1) is 11.8 Å². The van der Waals surface area contributed by atoms with Gasteiger partial charge in [-0.15, -0.1) is 0 Å². The Morgan fingerprint density at radius 3 is 2.52 bits per heavy atom. The molecule has 1 N–H and O–H groups in total. The summed E-state index contributed by atoms with van der Waals surface area (Å²) in [6.07, 6.45) is 6.63. The lowest BCUT2D eigenvalue weighted by atomic mass is 9.82. The molecule has 0 saturated carbocycles. The van der Waals surface area contributed by atoms with Crippen LogP contribution in [0.15, 0.2) is 48.7 Å². The molecule has 4 heterocycles. The van der Waals surface area contributed by atoms with Gasteiger partial charge in [0.2, 0.25) is 0 Å². The first-order valence-electron chi connectivity index (χ1n) is 9.97. The van der Waals surface area contributed by atoms with Crippen molar-refractivity contribution in [2.24, 2.45) is 11.8 Å². The van der Waals surface area contributed by atoms with E-state index in [1.165, 1.54) is 0 Å². The van der Waals surface area contributed by atoms with Crippen LogP contribution in [-0.4, -0.2) is 41.2 Å². The van der Waals surface area contributed by atoms with Crippen LogP contribution >= 0.6 is 0 Å². The third-order valence-electron chi connectivity index (χ3n) is 6.38. The van der Waals surface area contributed by atoms with Gasteiger partial charge < -0.3 is 15.0 Å². The summed E-state index contributed by atoms with van der Waals surface area (Å²) in [5.74, 6) is 1.07. The van der Waals surface area contributed by atoms with Gasteiger partial charge in [0.15, 0.2) is 0 Å². The second-order valence-electron chi connectivity index (χ2n) is 7.93. The van der Waals surface area contributed by atoms with E-state index in [-0.39, 0.29) is 6.03 Å². The van der Waals surface area contributed by atoms with Crippen LogP contribution in [0.3, 0.4) is 0 Å². The first-order chi connectivity index (χ1) is 13.3. The van der Waals surface area contributed by atoms with E-state index in [0.29, 0.717) is 24.0 Å². The predicted molar refractivity (Wildman–Crippen MR) is 104 cm³/mol. The average Bonchev–Trinajstić information content (AvgIpc) is 3.41. The Hall–Kier alpha value is -2.40. The third kappa shape index (κ3) is 3.21. The van der Waals surface area contributed by atoms with E-state index >= 15 is 0 Å². The lowest BCUT2D eigenvalue weighted by molar-refractivity contribution is 0.0747. The summed E-state index contributed by atoms with van der Waals surface area (Å²) in [6, 6.07) is 14.1. The molecule has 5 heteroatoms. The number of fused-ring (bicyclic) bond motifs is 5. The summed E-state index contributed by atoms with van der Waals surface area (Å²) in [6.45, 7) is 1.65. The molecule has 3 aliphatic heterocycles. The molecule has 0 aliphatic carbocycles. The number of hydrogen-bond donors (Lipinski definition) is 1. The molecule has 2 bridgehead atoms. The maximum Gasteiger partial charge on any atom is 0.321 e. The molecule has 1 aromatic heterocycles. The lowest BCUT2D eigenvalue weighted by Gasteiger charge is -2.20. The van der Waals surface area contributed by atoms with E-state index in [1.807, 2.05) is 47.5 Å². The lowest BCUT2D eigenvalue weighted by Crippen LogP contribution is -2.35. The number of likely N-dealkylation sites (tertiary alicyclic amines) is 1. The molecule has 3 saturated heterocycles. The second kappa shape index (κ2) is 6.97. The number of amides is 2. The highest BCUT2D eigenvalue weighted by Gasteiger charge is 2.53. The maximum absolute atomic E-state index is 12.9. The van der Waals surface area contributed by atoms with Crippen LogP contribution in [0.5, 0.6) is 0 Å². The molecule has 5 rings (SSSR count). The van der Waals surface area contributed by atoms with Crippen molar-refractivity contribution in [1.82, 2.24) is 9.88 Å². The molecule has 5 nitrogen and oxygen atoms in total. The molecule has 2 amide bonds. The molecule has 27 heavy (non-hydrogen) atoms. The van der Waals surface area contributed by atoms with Crippen molar-refractivity contribution in [3.8, 4) is 0 Å². The number of nitrogens with zero attached hydrogens (tertiary/aromatic N) is 2. The molecule has 1 aromatic carbocycles. The Morgan fingerprint density at radius 2 is 1.78 bits per heavy atom. The van der Waals surface area contributed by atoms with Gasteiger partial charge in [0, 0.05) is 42.5 Å². The van der Waals surface area contributed by atoms with Crippen molar-refractivity contribution in [3.05, 3.63) is 59.9 Å².